The molecule has 0 saturated heterocycles. The van der Waals surface area contributed by atoms with Gasteiger partial charge in [0.1, 0.15) is 6.17 Å². The minimum absolute atomic E-state index is 0.241. The van der Waals surface area contributed by atoms with E-state index < -0.39 is 6.17 Å². The van der Waals surface area contributed by atoms with Crippen molar-refractivity contribution in [3.05, 3.63) is 0 Å². The first-order valence-electron chi connectivity index (χ1n) is 4.04. The third-order valence-electron chi connectivity index (χ3n) is 1.88. The molecule has 0 aliphatic rings. The van der Waals surface area contributed by atoms with Gasteiger partial charge in [-0.15, -0.1) is 0 Å². The number of halogens is 1. The highest BCUT2D eigenvalue weighted by Crippen LogP contribution is 2.05. The summed E-state index contributed by atoms with van der Waals surface area (Å²) in [5.74, 6) is 0. The smallest absolute Gasteiger partial charge is 0.173 e. The SMILES string of the molecule is CC(=S)NC(=S)N(C)C(C)C(C)F. The van der Waals surface area contributed by atoms with Crippen LogP contribution in [-0.4, -0.2) is 34.3 Å². The van der Waals surface area contributed by atoms with Crippen LogP contribution in [-0.2, 0) is 0 Å². The molecule has 2 unspecified atom stereocenters. The van der Waals surface area contributed by atoms with Crippen molar-refractivity contribution in [2.45, 2.75) is 33.0 Å². The van der Waals surface area contributed by atoms with E-state index in [2.05, 4.69) is 5.32 Å². The lowest BCUT2D eigenvalue weighted by Gasteiger charge is -2.28. The van der Waals surface area contributed by atoms with Gasteiger partial charge in [-0.1, -0.05) is 12.2 Å². The maximum atomic E-state index is 12.9. The molecule has 0 aromatic rings. The first-order valence-corrected chi connectivity index (χ1v) is 4.86. The molecule has 13 heavy (non-hydrogen) atoms. The van der Waals surface area contributed by atoms with Gasteiger partial charge in [0, 0.05) is 7.05 Å². The van der Waals surface area contributed by atoms with Gasteiger partial charge in [0.05, 0.1) is 11.0 Å². The Bertz CT molecular complexity index is 206. The number of rotatable bonds is 2. The fourth-order valence-corrected chi connectivity index (χ4v) is 1.21. The number of hydrogen-bond donors (Lipinski definition) is 1. The van der Waals surface area contributed by atoms with E-state index in [1.807, 2.05) is 0 Å². The quantitative estimate of drug-likeness (QED) is 0.717. The molecule has 5 heteroatoms. The van der Waals surface area contributed by atoms with Crippen LogP contribution in [0.5, 0.6) is 0 Å². The van der Waals surface area contributed by atoms with E-state index >= 15 is 0 Å². The van der Waals surface area contributed by atoms with Crippen LogP contribution in [0.25, 0.3) is 0 Å². The normalized spacial score (nSPS) is 14.5. The van der Waals surface area contributed by atoms with Gasteiger partial charge < -0.3 is 10.2 Å². The Labute approximate surface area is 89.5 Å². The minimum atomic E-state index is -0.921. The van der Waals surface area contributed by atoms with Gasteiger partial charge in [-0.25, -0.2) is 4.39 Å². The third-order valence-corrected chi connectivity index (χ3v) is 2.37. The second-order valence-electron chi connectivity index (χ2n) is 3.02. The molecule has 1 N–H and O–H groups in total. The molecule has 0 heterocycles. The zero-order chi connectivity index (χ0) is 10.6. The predicted octanol–water partition coefficient (Wildman–Crippen LogP) is 1.89. The van der Waals surface area contributed by atoms with Crippen LogP contribution in [0.15, 0.2) is 0 Å². The molecule has 0 radical (unpaired) electrons. The Hall–Kier alpha value is -0.290. The molecular weight excluding hydrogens is 207 g/mol. The summed E-state index contributed by atoms with van der Waals surface area (Å²) < 4.78 is 12.9. The summed E-state index contributed by atoms with van der Waals surface area (Å²) in [7, 11) is 1.74. The van der Waals surface area contributed by atoms with Gasteiger partial charge in [0.25, 0.3) is 0 Å². The lowest BCUT2D eigenvalue weighted by molar-refractivity contribution is 0.221. The summed E-state index contributed by atoms with van der Waals surface area (Å²) in [5, 5.41) is 3.26. The highest BCUT2D eigenvalue weighted by Gasteiger charge is 2.18. The first-order chi connectivity index (χ1) is 5.86. The Kier molecular flexibility index (Phi) is 5.32. The van der Waals surface area contributed by atoms with E-state index in [-0.39, 0.29) is 6.04 Å². The number of alkyl halides is 1. The molecule has 0 rings (SSSR count). The average Bonchev–Trinajstić information content (AvgIpc) is 2.00. The second kappa shape index (κ2) is 5.44. The van der Waals surface area contributed by atoms with Crippen LogP contribution in [0, 0.1) is 0 Å². The molecule has 0 amide bonds. The molecule has 0 saturated carbocycles. The fourth-order valence-electron chi connectivity index (χ4n) is 0.732. The molecule has 0 spiro atoms. The van der Waals surface area contributed by atoms with Crippen LogP contribution >= 0.6 is 24.4 Å². The van der Waals surface area contributed by atoms with E-state index in [9.17, 15) is 4.39 Å². The van der Waals surface area contributed by atoms with E-state index in [0.717, 1.165) is 0 Å². The summed E-state index contributed by atoms with van der Waals surface area (Å²) in [6, 6.07) is -0.241. The molecule has 76 valence electrons. The molecule has 0 aromatic carbocycles. The van der Waals surface area contributed by atoms with Gasteiger partial charge >= 0.3 is 0 Å². The topological polar surface area (TPSA) is 15.3 Å². The first kappa shape index (κ1) is 12.7. The Morgan fingerprint density at radius 2 is 1.85 bits per heavy atom. The van der Waals surface area contributed by atoms with Crippen molar-refractivity contribution < 1.29 is 4.39 Å². The maximum absolute atomic E-state index is 12.9. The van der Waals surface area contributed by atoms with E-state index in [1.165, 1.54) is 6.92 Å². The zero-order valence-electron chi connectivity index (χ0n) is 8.30. The molecular formula is C8H15FN2S2. The summed E-state index contributed by atoms with van der Waals surface area (Å²) in [5.41, 5.74) is 0. The van der Waals surface area contributed by atoms with Gasteiger partial charge in [-0.2, -0.15) is 0 Å². The van der Waals surface area contributed by atoms with Crippen LogP contribution in [0.4, 0.5) is 4.39 Å². The van der Waals surface area contributed by atoms with E-state index in [1.54, 1.807) is 25.8 Å². The van der Waals surface area contributed by atoms with Crippen LogP contribution in [0.1, 0.15) is 20.8 Å². The lowest BCUT2D eigenvalue weighted by atomic mass is 10.2. The number of thiocarbonyl (C=S) groups is 2. The van der Waals surface area contributed by atoms with Gasteiger partial charge in [0.2, 0.25) is 0 Å². The molecule has 0 aliphatic heterocycles. The predicted molar refractivity (Wildman–Crippen MR) is 61.8 cm³/mol. The maximum Gasteiger partial charge on any atom is 0.173 e. The summed E-state index contributed by atoms with van der Waals surface area (Å²) in [6.07, 6.45) is -0.921. The molecule has 0 aliphatic carbocycles. The fraction of sp³-hybridized carbons (Fsp3) is 0.750. The van der Waals surface area contributed by atoms with Crippen molar-refractivity contribution in [1.29, 1.82) is 0 Å². The molecule has 0 bridgehead atoms. The molecule has 2 nitrogen and oxygen atoms in total. The lowest BCUT2D eigenvalue weighted by Crippen LogP contribution is -2.46. The summed E-state index contributed by atoms with van der Waals surface area (Å²) >= 11 is 9.83. The molecule has 2 atom stereocenters. The minimum Gasteiger partial charge on any atom is -0.346 e. The van der Waals surface area contributed by atoms with Crippen LogP contribution in [0.2, 0.25) is 0 Å². The van der Waals surface area contributed by atoms with Gasteiger partial charge in [0.15, 0.2) is 5.11 Å². The third kappa shape index (κ3) is 4.47. The van der Waals surface area contributed by atoms with Gasteiger partial charge in [-0.3, -0.25) is 0 Å². The number of nitrogens with one attached hydrogen (secondary N) is 1. The highest BCUT2D eigenvalue weighted by molar-refractivity contribution is 7.81. The van der Waals surface area contributed by atoms with Crippen molar-refractivity contribution in [1.82, 2.24) is 10.2 Å². The number of nitrogens with zero attached hydrogens (tertiary/aromatic N) is 1. The second-order valence-corrected chi connectivity index (χ2v) is 4.01. The van der Waals surface area contributed by atoms with Crippen molar-refractivity contribution in [2.24, 2.45) is 0 Å². The highest BCUT2D eigenvalue weighted by atomic mass is 32.1. The van der Waals surface area contributed by atoms with Crippen molar-refractivity contribution >= 4 is 34.5 Å². The molecule has 0 fully saturated rings. The molecule has 0 aromatic heterocycles. The van der Waals surface area contributed by atoms with Gasteiger partial charge in [-0.05, 0) is 33.0 Å². The Morgan fingerprint density at radius 3 is 2.15 bits per heavy atom. The van der Waals surface area contributed by atoms with Crippen LogP contribution < -0.4 is 5.32 Å². The average molecular weight is 222 g/mol. The monoisotopic (exact) mass is 222 g/mol. The van der Waals surface area contributed by atoms with Crippen molar-refractivity contribution in [3.8, 4) is 0 Å². The van der Waals surface area contributed by atoms with Crippen molar-refractivity contribution in [3.63, 3.8) is 0 Å². The zero-order valence-corrected chi connectivity index (χ0v) is 9.93. The van der Waals surface area contributed by atoms with E-state index in [0.29, 0.717) is 10.1 Å². The van der Waals surface area contributed by atoms with Crippen molar-refractivity contribution in [2.75, 3.05) is 7.05 Å². The van der Waals surface area contributed by atoms with Crippen LogP contribution in [0.3, 0.4) is 0 Å². The Balaban J connectivity index is 4.17. The van der Waals surface area contributed by atoms with E-state index in [4.69, 9.17) is 24.4 Å². The summed E-state index contributed by atoms with van der Waals surface area (Å²) in [6.45, 7) is 5.02. The largest absolute Gasteiger partial charge is 0.346 e. The summed E-state index contributed by atoms with van der Waals surface area (Å²) in [4.78, 5) is 2.26. The standard InChI is InChI=1S/C8H15FN2S2/c1-5(9)6(2)11(4)8(13)10-7(3)12/h5-6H,1-4H3,(H,10,12,13). The number of hydrogen-bond acceptors (Lipinski definition) is 2. The Morgan fingerprint density at radius 1 is 1.38 bits per heavy atom.